The van der Waals surface area contributed by atoms with Crippen LogP contribution in [0.5, 0.6) is 5.75 Å². The highest BCUT2D eigenvalue weighted by molar-refractivity contribution is 7.12. The monoisotopic (exact) mass is 829 g/mol. The number of aliphatic imine (C=N–C) groups is 1. The number of aromatic nitrogens is 3. The Morgan fingerprint density at radius 2 is 1.92 bits per heavy atom. The summed E-state index contributed by atoms with van der Waals surface area (Å²) in [6.07, 6.45) is 6.84. The van der Waals surface area contributed by atoms with E-state index in [1.165, 1.54) is 24.0 Å². The number of thiophene rings is 1. The van der Waals surface area contributed by atoms with E-state index in [2.05, 4.69) is 84.3 Å². The number of amides is 2. The summed E-state index contributed by atoms with van der Waals surface area (Å²) in [5, 5.41) is 7.42. The number of aromatic amines is 1. The number of carbonyl (C=O) groups excluding carboxylic acids is 2. The summed E-state index contributed by atoms with van der Waals surface area (Å²) in [4.78, 5) is 43.9. The number of aryl methyl sites for hydroxylation is 2. The zero-order valence-corrected chi connectivity index (χ0v) is 36.0. The molecule has 13 heteroatoms. The number of ether oxygens (including phenoxy) is 2. The minimum atomic E-state index is -0.731. The Labute approximate surface area is 353 Å². The summed E-state index contributed by atoms with van der Waals surface area (Å²) in [7, 11) is 1.30. The van der Waals surface area contributed by atoms with Crippen LogP contribution in [0.4, 0.5) is 9.18 Å². The minimum Gasteiger partial charge on any atom is -0.464 e. The Hall–Kier alpha value is -5.27. The lowest BCUT2D eigenvalue weighted by Crippen LogP contribution is -2.54. The second-order valence-corrected chi connectivity index (χ2v) is 19.2. The number of halogens is 1. The van der Waals surface area contributed by atoms with Crippen LogP contribution in [-0.4, -0.2) is 68.9 Å². The maximum Gasteiger partial charge on any atom is 0.407 e. The first-order valence-electron chi connectivity index (χ1n) is 21.4. The number of piperidine rings is 1. The Morgan fingerprint density at radius 3 is 2.65 bits per heavy atom. The van der Waals surface area contributed by atoms with E-state index < -0.39 is 18.4 Å². The molecule has 10 rings (SSSR count). The molecule has 0 spiro atoms. The topological polar surface area (TPSA) is 126 Å². The van der Waals surface area contributed by atoms with Crippen molar-refractivity contribution >= 4 is 45.6 Å². The standard InChI is InChI=1S/C47H52FN7O4S/c1-22(2)42(53-47(57)58-7)45(56)54-12-8-9-37(54)43-25(5)23(3)13-32(51-43)28-16-31(48)41-38-19-30-15-27(35-21-49-44(52-35)34-18-29-17-33(29)50-34)10-11-36(30)55(38)46(59-39(41)20-28)40-14-24(4)26(6)60-40/h10-11,13-16,19-23,25,29,33-34,37,42,46,50H,8-9,12,17-18H2,1-7H3,(H,49,52)(H,53,57). The van der Waals surface area contributed by atoms with E-state index in [0.717, 1.165) is 69.4 Å². The number of rotatable bonds is 8. The van der Waals surface area contributed by atoms with Gasteiger partial charge in [-0.15, -0.1) is 11.3 Å². The molecule has 1 aliphatic carbocycles. The van der Waals surface area contributed by atoms with Crippen LogP contribution < -0.4 is 15.4 Å². The van der Waals surface area contributed by atoms with Gasteiger partial charge in [-0.3, -0.25) is 14.4 Å². The van der Waals surface area contributed by atoms with Gasteiger partial charge in [0.05, 0.1) is 58.4 Å². The van der Waals surface area contributed by atoms with Gasteiger partial charge in [0.25, 0.3) is 0 Å². The van der Waals surface area contributed by atoms with Crippen LogP contribution in [0.25, 0.3) is 39.1 Å². The maximum absolute atomic E-state index is 17.0. The number of benzene rings is 2. The summed E-state index contributed by atoms with van der Waals surface area (Å²) < 4.78 is 30.9. The number of H-pyrrole nitrogens is 1. The van der Waals surface area contributed by atoms with Crippen LogP contribution in [0.1, 0.15) is 92.4 Å². The molecule has 8 unspecified atom stereocenters. The first-order chi connectivity index (χ1) is 28.9. The van der Waals surface area contributed by atoms with Crippen LogP contribution in [0, 0.1) is 43.3 Å². The Morgan fingerprint density at radius 1 is 1.08 bits per heavy atom. The minimum absolute atomic E-state index is 0.0468. The lowest BCUT2D eigenvalue weighted by atomic mass is 9.83. The van der Waals surface area contributed by atoms with Gasteiger partial charge in [-0.1, -0.05) is 39.8 Å². The molecular formula is C47H52FN7O4S. The third-order valence-corrected chi connectivity index (χ3v) is 14.8. The number of hydrogen-bond donors (Lipinski definition) is 3. The van der Waals surface area contributed by atoms with Crippen LogP contribution >= 0.6 is 11.3 Å². The van der Waals surface area contributed by atoms with E-state index in [9.17, 15) is 9.59 Å². The molecule has 4 aliphatic heterocycles. The highest BCUT2D eigenvalue weighted by atomic mass is 32.1. The van der Waals surface area contributed by atoms with Crippen molar-refractivity contribution in [3.05, 3.63) is 87.3 Å². The summed E-state index contributed by atoms with van der Waals surface area (Å²) in [6, 6.07) is 14.1. The fourth-order valence-electron chi connectivity index (χ4n) is 9.89. The van der Waals surface area contributed by atoms with Crippen molar-refractivity contribution < 1.29 is 23.5 Å². The van der Waals surface area contributed by atoms with Gasteiger partial charge < -0.3 is 30.0 Å². The van der Waals surface area contributed by atoms with Crippen molar-refractivity contribution in [1.82, 2.24) is 30.1 Å². The Bertz CT molecular complexity index is 2590. The van der Waals surface area contributed by atoms with E-state index >= 15 is 4.39 Å². The quantitative estimate of drug-likeness (QED) is 0.143. The Kier molecular flexibility index (Phi) is 9.55. The van der Waals surface area contributed by atoms with Crippen LogP contribution in [0.2, 0.25) is 0 Å². The first kappa shape index (κ1) is 38.9. The molecule has 0 radical (unpaired) electrons. The SMILES string of the molecule is COC(=O)NC(C(=O)N1CCCC1C1=NC(c2cc(F)c3c(c2)OC(c2cc(C)c(C)s2)n2c-3cc3cc(-c4cnc(C5CC6CC6N5)[nH]4)ccc32)=CC(C)C1C)C(C)C. The van der Waals surface area contributed by atoms with Crippen LogP contribution in [-0.2, 0) is 9.53 Å². The molecular weight excluding hydrogens is 778 g/mol. The number of hydrogen-bond acceptors (Lipinski definition) is 8. The average Bonchev–Trinajstić information content (AvgIpc) is 3.86. The van der Waals surface area contributed by atoms with Crippen molar-refractivity contribution in [3.63, 3.8) is 0 Å². The van der Waals surface area contributed by atoms with Gasteiger partial charge in [-0.25, -0.2) is 14.2 Å². The first-order valence-corrected chi connectivity index (χ1v) is 22.2. The lowest BCUT2D eigenvalue weighted by Gasteiger charge is -2.35. The number of likely N-dealkylation sites (tertiary alicyclic amines) is 1. The number of imidazole rings is 1. The van der Waals surface area contributed by atoms with E-state index in [-0.39, 0.29) is 41.6 Å². The van der Waals surface area contributed by atoms with Gasteiger partial charge in [-0.05, 0) is 99.2 Å². The smallest absolute Gasteiger partial charge is 0.407 e. The van der Waals surface area contributed by atoms with Gasteiger partial charge in [0, 0.05) is 45.6 Å². The molecule has 60 heavy (non-hydrogen) atoms. The highest BCUT2D eigenvalue weighted by Crippen LogP contribution is 2.49. The molecule has 3 fully saturated rings. The molecule has 2 saturated heterocycles. The van der Waals surface area contributed by atoms with Crippen molar-refractivity contribution in [1.29, 1.82) is 0 Å². The van der Waals surface area contributed by atoms with Gasteiger partial charge in [0.1, 0.15) is 23.4 Å². The Balaban J connectivity index is 1.02. The number of fused-ring (bicyclic) bond motifs is 6. The summed E-state index contributed by atoms with van der Waals surface area (Å²) in [5.74, 6) is 1.66. The number of carbonyl (C=O) groups is 2. The number of methoxy groups -OCH3 is 1. The molecule has 5 aliphatic rings. The lowest BCUT2D eigenvalue weighted by molar-refractivity contribution is -0.134. The second-order valence-electron chi connectivity index (χ2n) is 17.9. The molecule has 0 bridgehead atoms. The molecule has 3 aromatic heterocycles. The number of alkyl carbamates (subject to hydrolysis) is 1. The molecule has 8 atom stereocenters. The third-order valence-electron chi connectivity index (χ3n) is 13.7. The predicted molar refractivity (Wildman–Crippen MR) is 233 cm³/mol. The molecule has 11 nitrogen and oxygen atoms in total. The van der Waals surface area contributed by atoms with Crippen molar-refractivity contribution in [2.45, 2.75) is 97.6 Å². The molecule has 3 N–H and O–H groups in total. The van der Waals surface area contributed by atoms with Crippen molar-refractivity contribution in [3.8, 4) is 28.3 Å². The highest BCUT2D eigenvalue weighted by Gasteiger charge is 2.47. The van der Waals surface area contributed by atoms with Crippen LogP contribution in [0.3, 0.4) is 0 Å². The summed E-state index contributed by atoms with van der Waals surface area (Å²) >= 11 is 1.70. The van der Waals surface area contributed by atoms with Gasteiger partial charge in [-0.2, -0.15) is 0 Å². The summed E-state index contributed by atoms with van der Waals surface area (Å²) in [6.45, 7) is 12.9. The van der Waals surface area contributed by atoms with Crippen LogP contribution in [0.15, 0.2) is 59.7 Å². The molecule has 5 aromatic rings. The third kappa shape index (κ3) is 6.55. The maximum atomic E-state index is 17.0. The van der Waals surface area contributed by atoms with Crippen molar-refractivity contribution in [2.24, 2.45) is 28.7 Å². The average molecular weight is 830 g/mol. The number of allylic oxidation sites excluding steroid dienone is 1. The fraction of sp³-hybridized carbons (Fsp3) is 0.447. The zero-order valence-electron chi connectivity index (χ0n) is 35.1. The van der Waals surface area contributed by atoms with E-state index in [4.69, 9.17) is 19.5 Å². The van der Waals surface area contributed by atoms with Crippen molar-refractivity contribution in [2.75, 3.05) is 13.7 Å². The molecule has 2 aromatic carbocycles. The van der Waals surface area contributed by atoms with Gasteiger partial charge >= 0.3 is 6.09 Å². The number of nitrogens with zero attached hydrogens (tertiary/aromatic N) is 4. The fourth-order valence-corrected chi connectivity index (χ4v) is 11.0. The summed E-state index contributed by atoms with van der Waals surface area (Å²) in [5.41, 5.74) is 7.47. The molecule has 7 heterocycles. The molecule has 2 amide bonds. The molecule has 312 valence electrons. The number of nitrogens with one attached hydrogen (secondary N) is 3. The molecule has 1 saturated carbocycles. The van der Waals surface area contributed by atoms with Gasteiger partial charge in [0.15, 0.2) is 0 Å². The van der Waals surface area contributed by atoms with Gasteiger partial charge in [0.2, 0.25) is 12.1 Å². The largest absolute Gasteiger partial charge is 0.464 e. The predicted octanol–water partition coefficient (Wildman–Crippen LogP) is 9.32. The second kappa shape index (κ2) is 14.7. The van der Waals surface area contributed by atoms with E-state index in [1.807, 2.05) is 31.0 Å². The van der Waals surface area contributed by atoms with E-state index in [1.54, 1.807) is 17.4 Å². The normalized spacial score (nSPS) is 25.9. The zero-order chi connectivity index (χ0) is 41.7. The van der Waals surface area contributed by atoms with E-state index in [0.29, 0.717) is 35.2 Å².